The van der Waals surface area contributed by atoms with E-state index in [0.717, 1.165) is 230 Å². The van der Waals surface area contributed by atoms with Gasteiger partial charge in [0, 0.05) is 162 Å². The normalized spacial score (nSPS) is 16.5. The number of aliphatic hydroxyl groups is 1. The van der Waals surface area contributed by atoms with Crippen molar-refractivity contribution in [1.82, 2.24) is 84.2 Å². The molecule has 7 N–H and O–H groups in total. The van der Waals surface area contributed by atoms with E-state index < -0.39 is 11.4 Å². The third-order valence-electron chi connectivity index (χ3n) is 26.6. The smallest absolute Gasteiger partial charge is 0.269 e. The monoisotopic (exact) mass is 2000 g/mol. The highest BCUT2D eigenvalue weighted by Gasteiger charge is 2.34. The largest absolute Gasteiger partial charge is 0.492 e. The van der Waals surface area contributed by atoms with Crippen LogP contribution in [0, 0.1) is 58.7 Å². The lowest BCUT2D eigenvalue weighted by Gasteiger charge is -2.37. The molecule has 6 aliphatic heterocycles. The molecular weight excluding hydrogens is 1870 g/mol. The van der Waals surface area contributed by atoms with E-state index in [2.05, 4.69) is 90.3 Å². The number of likely N-dealkylation sites (tertiary alicyclic amines) is 6. The summed E-state index contributed by atoms with van der Waals surface area (Å²) in [5.74, 6) is 2.78. The molecule has 12 aromatic rings. The van der Waals surface area contributed by atoms with Crippen LogP contribution in [0.2, 0.25) is 5.02 Å². The number of halogens is 6. The molecule has 6 saturated heterocycles. The van der Waals surface area contributed by atoms with Gasteiger partial charge in [-0.3, -0.25) is 53.6 Å². The van der Waals surface area contributed by atoms with Crippen molar-refractivity contribution in [3.8, 4) is 28.7 Å². The van der Waals surface area contributed by atoms with E-state index in [-0.39, 0.29) is 69.0 Å². The molecule has 0 bridgehead atoms. The molecule has 0 aliphatic carbocycles. The van der Waals surface area contributed by atoms with Crippen LogP contribution in [-0.2, 0) is 38.6 Å². The van der Waals surface area contributed by atoms with Crippen molar-refractivity contribution in [2.24, 2.45) is 29.6 Å². The maximum Gasteiger partial charge on any atom is 0.269 e. The number of ether oxygens (including phenoxy) is 5. The van der Waals surface area contributed by atoms with Crippen molar-refractivity contribution in [2.45, 2.75) is 121 Å². The number of rotatable bonds is 34. The number of aromatic amines is 6. The van der Waals surface area contributed by atoms with E-state index >= 15 is 0 Å². The van der Waals surface area contributed by atoms with E-state index in [1.165, 1.54) is 61.3 Å². The van der Waals surface area contributed by atoms with Gasteiger partial charge < -0.3 is 83.2 Å². The number of aromatic nitrogens is 11. The van der Waals surface area contributed by atoms with Crippen molar-refractivity contribution in [3.05, 3.63) is 368 Å². The average Bonchev–Trinajstić information content (AvgIpc) is 0.849. The van der Waals surface area contributed by atoms with Gasteiger partial charge in [-0.1, -0.05) is 109 Å². The molecule has 18 rings (SSSR count). The minimum atomic E-state index is -0.931. The third-order valence-corrected chi connectivity index (χ3v) is 27.0. The lowest BCUT2D eigenvalue weighted by atomic mass is 9.92. The first-order chi connectivity index (χ1) is 70.1. The lowest BCUT2D eigenvalue weighted by Crippen LogP contribution is -2.48. The first-order valence-electron chi connectivity index (χ1n) is 49.8. The molecular formula is C109H131ClF5N17O12. The summed E-state index contributed by atoms with van der Waals surface area (Å²) in [6.45, 7) is 18.9. The minimum Gasteiger partial charge on any atom is -0.492 e. The maximum atomic E-state index is 13.6. The zero-order valence-electron chi connectivity index (χ0n) is 81.3. The summed E-state index contributed by atoms with van der Waals surface area (Å²) >= 11 is 6.11. The fourth-order valence-electron chi connectivity index (χ4n) is 17.8. The van der Waals surface area contributed by atoms with Crippen molar-refractivity contribution in [2.75, 3.05) is 144 Å². The summed E-state index contributed by atoms with van der Waals surface area (Å²) < 4.78 is 95.9. The highest BCUT2D eigenvalue weighted by atomic mass is 35.5. The predicted molar refractivity (Wildman–Crippen MR) is 545 cm³/mol. The molecule has 0 atom stereocenters. The molecule has 6 fully saturated rings. The van der Waals surface area contributed by atoms with Crippen molar-refractivity contribution < 1.29 is 50.7 Å². The van der Waals surface area contributed by atoms with E-state index in [4.69, 9.17) is 35.3 Å². The van der Waals surface area contributed by atoms with E-state index in [1.807, 2.05) is 42.5 Å². The van der Waals surface area contributed by atoms with Crippen molar-refractivity contribution in [1.29, 1.82) is 0 Å². The van der Waals surface area contributed by atoms with Crippen LogP contribution in [0.4, 0.5) is 22.0 Å². The molecule has 766 valence electrons. The summed E-state index contributed by atoms with van der Waals surface area (Å²) in [7, 11) is 0. The molecule has 144 heavy (non-hydrogen) atoms. The van der Waals surface area contributed by atoms with Crippen LogP contribution < -0.4 is 57.0 Å². The van der Waals surface area contributed by atoms with Crippen LogP contribution in [0.5, 0.6) is 28.7 Å². The summed E-state index contributed by atoms with van der Waals surface area (Å²) in [4.78, 5) is 119. The van der Waals surface area contributed by atoms with Gasteiger partial charge in [0.05, 0.1) is 56.4 Å². The molecule has 6 aromatic heterocycles. The number of pyridine rings is 1. The molecule has 6 aromatic carbocycles. The molecule has 0 saturated carbocycles. The van der Waals surface area contributed by atoms with Crippen LogP contribution >= 0.6 is 11.6 Å². The number of hydrogen-bond acceptors (Lipinski definition) is 23. The summed E-state index contributed by atoms with van der Waals surface area (Å²) in [6, 6.07) is 45.4. The zero-order valence-corrected chi connectivity index (χ0v) is 82.1. The fourth-order valence-corrected chi connectivity index (χ4v) is 18.0. The van der Waals surface area contributed by atoms with Gasteiger partial charge in [-0.15, -0.1) is 0 Å². The number of H-pyrrole nitrogens is 6. The molecule has 0 unspecified atom stereocenters. The SMILES string of the molecule is O=c1[nH]ccnc1CCN1CCC(COc2ccccc2F)CC1.O=c1[nH]cncc1CN1CCC(COc2ccccc2F)CC1.O=c1cccc(CCN2CCC(O)(COc3ccccc3F)CC2)[nH]1.O=c1cncc(CCN2CCC(/C=C/c3ccccc3F)CC2)[nH]1.O=c1cncc(CCN2CCC(COc3ccccc3Cl)CC2)[nH]1.O=c1cncc(CCN2CCC(COc3ccccc3F)CC2)[nH]1. The fraction of sp³-hybridized carbons (Fsp3) is 0.422. The number of nitrogens with zero attached hydrogens (tertiary/aromatic N) is 11. The Balaban J connectivity index is 0.000000145. The number of allylic oxidation sites excluding steroid dienone is 1. The molecule has 0 radical (unpaired) electrons. The quantitative estimate of drug-likeness (QED) is 0.0184. The van der Waals surface area contributed by atoms with Gasteiger partial charge in [0.1, 0.15) is 29.5 Å². The minimum absolute atomic E-state index is 0.0787. The third kappa shape index (κ3) is 37.7. The van der Waals surface area contributed by atoms with E-state index in [0.29, 0.717) is 121 Å². The second-order valence-electron chi connectivity index (χ2n) is 37.2. The maximum absolute atomic E-state index is 13.6. The highest BCUT2D eigenvalue weighted by molar-refractivity contribution is 6.32. The molecule has 6 aliphatic rings. The lowest BCUT2D eigenvalue weighted by molar-refractivity contribution is -0.0527. The number of nitrogens with one attached hydrogen (secondary N) is 6. The number of hydrogen-bond donors (Lipinski definition) is 7. The first kappa shape index (κ1) is 108. The molecule has 0 spiro atoms. The van der Waals surface area contributed by atoms with Gasteiger partial charge in [0.2, 0.25) is 5.56 Å². The Morgan fingerprint density at radius 3 is 1.16 bits per heavy atom. The van der Waals surface area contributed by atoms with Gasteiger partial charge in [-0.2, -0.15) is 0 Å². The Hall–Kier alpha value is -12.9. The number of para-hydroxylation sites is 5. The van der Waals surface area contributed by atoms with Crippen LogP contribution in [0.3, 0.4) is 0 Å². The molecule has 12 heterocycles. The second kappa shape index (κ2) is 58.1. The Morgan fingerprint density at radius 2 is 0.743 bits per heavy atom. The number of piperidine rings is 6. The van der Waals surface area contributed by atoms with Gasteiger partial charge in [0.25, 0.3) is 27.8 Å². The van der Waals surface area contributed by atoms with E-state index in [9.17, 15) is 55.8 Å². The topological polar surface area (TPSA) is 347 Å². The zero-order chi connectivity index (χ0) is 101. The van der Waals surface area contributed by atoms with Gasteiger partial charge in [0.15, 0.2) is 46.3 Å². The Morgan fingerprint density at radius 1 is 0.368 bits per heavy atom. The molecule has 35 heteroatoms. The molecule has 29 nitrogen and oxygen atoms in total. The van der Waals surface area contributed by atoms with Gasteiger partial charge in [-0.05, 0) is 245 Å². The average molecular weight is 2000 g/mol. The summed E-state index contributed by atoms with van der Waals surface area (Å²) in [6.07, 6.45) is 34.7. The van der Waals surface area contributed by atoms with Crippen LogP contribution in [0.1, 0.15) is 117 Å². The van der Waals surface area contributed by atoms with Gasteiger partial charge in [-0.25, -0.2) is 26.9 Å². The summed E-state index contributed by atoms with van der Waals surface area (Å²) in [5, 5.41) is 11.3. The van der Waals surface area contributed by atoms with Crippen molar-refractivity contribution >= 4 is 17.7 Å². The van der Waals surface area contributed by atoms with E-state index in [1.54, 1.807) is 128 Å². The van der Waals surface area contributed by atoms with Gasteiger partial charge >= 0.3 is 0 Å². The van der Waals surface area contributed by atoms with Crippen LogP contribution in [0.25, 0.3) is 6.08 Å². The van der Waals surface area contributed by atoms with Crippen LogP contribution in [-0.4, -0.2) is 239 Å². The van der Waals surface area contributed by atoms with Crippen molar-refractivity contribution in [3.63, 3.8) is 0 Å². The first-order valence-corrected chi connectivity index (χ1v) is 50.2. The molecule has 0 amide bonds. The standard InChI is InChI=1S/C19H22FN3O.C19H23FN2O3.C18H22ClN3O2.2C18H22FN3O2.C17H20FN3O2/c20-18-4-2-1-3-16(18)6-5-15-7-10-23(11-8-15)12-9-17-13-21-14-19(24)22-17;20-16-5-1-2-6-17(16)25-14-19(24)9-12-22(13-10-19)11-8-15-4-3-7-18(23)21-15;19-16-3-1-2-4-17(16)24-13-14-5-8-22(9-6-14)10-7-15-11-20-12-18(23)21-15;19-15-3-1-2-4-17(15)24-13-14-5-10-22(11-6-14)12-7-16-18(23)21-9-8-20-16;19-16-3-1-2-4-17(16)24-13-14-5-8-22(9-6-14)10-7-15-11-20-12-18(23)21-15;18-15-3-1-2-4-16(15)23-11-13-5-7-21(8-6-13)10-14-9-19-12-20-17(14)22/h1-6,13-15H,7-12H2,(H,22,24);1-7,24H,8-14H2,(H,21,23);1-4,11-12,14H,5-10,13H2,(H,21,23);1-4,8-9,14H,5-7,10-13H2,(H,21,23);1-4,11-12,14H,5-10,13H2,(H,21,23);1-4,9,12-13H,5-8,10-11H2,(H,19,20,22)/b6-5+;;;;;. The Labute approximate surface area is 839 Å². The summed E-state index contributed by atoms with van der Waals surface area (Å²) in [5.41, 5.74) is 3.84. The Kier molecular flexibility index (Phi) is 43.7. The highest BCUT2D eigenvalue weighted by Crippen LogP contribution is 2.31. The Bertz CT molecular complexity index is 6150. The number of benzene rings is 6. The predicted octanol–water partition coefficient (Wildman–Crippen LogP) is 14.3. The second-order valence-corrected chi connectivity index (χ2v) is 37.6. The van der Waals surface area contributed by atoms with Crippen LogP contribution in [0.15, 0.2) is 261 Å².